The number of benzene rings is 2. The van der Waals surface area contributed by atoms with Crippen molar-refractivity contribution >= 4 is 29.0 Å². The molecule has 0 saturated heterocycles. The largest absolute Gasteiger partial charge is 0.334 e. The van der Waals surface area contributed by atoms with Crippen LogP contribution in [0.25, 0.3) is 5.65 Å². The summed E-state index contributed by atoms with van der Waals surface area (Å²) in [6.07, 6.45) is 4.28. The maximum atomic E-state index is 12.9. The lowest BCUT2D eigenvalue weighted by atomic mass is 10.1. The highest BCUT2D eigenvalue weighted by atomic mass is 16.2. The van der Waals surface area contributed by atoms with Gasteiger partial charge < -0.3 is 20.9 Å². The highest BCUT2D eigenvalue weighted by Crippen LogP contribution is 2.19. The number of fused-ring (bicyclic) bond motifs is 1. The second kappa shape index (κ2) is 10.8. The monoisotopic (exact) mass is 470 g/mol. The van der Waals surface area contributed by atoms with Crippen molar-refractivity contribution in [1.82, 2.24) is 19.6 Å². The number of carbonyl (C=O) groups excluding carboxylic acids is 2. The van der Waals surface area contributed by atoms with E-state index in [-0.39, 0.29) is 11.9 Å². The van der Waals surface area contributed by atoms with Gasteiger partial charge in [0.15, 0.2) is 0 Å². The van der Waals surface area contributed by atoms with E-state index in [1.165, 1.54) is 5.56 Å². The van der Waals surface area contributed by atoms with E-state index in [2.05, 4.69) is 31.9 Å². The predicted octanol–water partition coefficient (Wildman–Crippen LogP) is 4.32. The van der Waals surface area contributed by atoms with Crippen LogP contribution < -0.4 is 16.0 Å². The Balaban J connectivity index is 1.36. The molecule has 8 heteroatoms. The summed E-state index contributed by atoms with van der Waals surface area (Å²) in [5.74, 6) is -0.246. The van der Waals surface area contributed by atoms with Gasteiger partial charge in [-0.1, -0.05) is 30.3 Å². The molecule has 3 amide bonds. The van der Waals surface area contributed by atoms with Crippen LogP contribution in [0.3, 0.4) is 0 Å². The molecule has 0 radical (unpaired) electrons. The summed E-state index contributed by atoms with van der Waals surface area (Å²) in [7, 11) is 4.08. The zero-order valence-electron chi connectivity index (χ0n) is 20.2. The normalized spacial score (nSPS) is 11.0. The molecule has 0 aliphatic heterocycles. The zero-order valence-corrected chi connectivity index (χ0v) is 20.2. The first-order chi connectivity index (χ1) is 16.9. The Hall–Kier alpha value is -4.17. The molecular formula is C27H30N6O2. The van der Waals surface area contributed by atoms with Gasteiger partial charge in [0.05, 0.1) is 6.20 Å². The number of hydrogen-bond donors (Lipinski definition) is 3. The van der Waals surface area contributed by atoms with E-state index in [0.29, 0.717) is 23.6 Å². The van der Waals surface area contributed by atoms with Crippen LogP contribution in [0.2, 0.25) is 0 Å². The fourth-order valence-electron chi connectivity index (χ4n) is 3.72. The van der Waals surface area contributed by atoms with Gasteiger partial charge in [0.25, 0.3) is 5.91 Å². The minimum atomic E-state index is -0.286. The number of nitrogens with one attached hydrogen (secondary N) is 3. The maximum Gasteiger partial charge on any atom is 0.319 e. The Morgan fingerprint density at radius 2 is 1.83 bits per heavy atom. The van der Waals surface area contributed by atoms with Gasteiger partial charge >= 0.3 is 6.03 Å². The SMILES string of the molecule is Cc1ccc(CNC(=O)Nc2cccc(CCN(C)C)c2)cc1NC(=O)c1cnc2ccccn12. The molecule has 4 rings (SSSR count). The van der Waals surface area contributed by atoms with E-state index >= 15 is 0 Å². The minimum Gasteiger partial charge on any atom is -0.334 e. The Labute approximate surface area is 205 Å². The summed E-state index contributed by atoms with van der Waals surface area (Å²) in [4.78, 5) is 31.7. The number of nitrogens with zero attached hydrogens (tertiary/aromatic N) is 3. The number of hydrogen-bond acceptors (Lipinski definition) is 4. The second-order valence-corrected chi connectivity index (χ2v) is 8.74. The first-order valence-corrected chi connectivity index (χ1v) is 11.5. The third-order valence-electron chi connectivity index (χ3n) is 5.69. The Kier molecular flexibility index (Phi) is 7.42. The van der Waals surface area contributed by atoms with Gasteiger partial charge in [-0.25, -0.2) is 9.78 Å². The lowest BCUT2D eigenvalue weighted by Crippen LogP contribution is -2.28. The minimum absolute atomic E-state index is 0.246. The van der Waals surface area contributed by atoms with Crippen molar-refractivity contribution in [3.63, 3.8) is 0 Å². The number of pyridine rings is 1. The van der Waals surface area contributed by atoms with Crippen LogP contribution in [-0.2, 0) is 13.0 Å². The van der Waals surface area contributed by atoms with Crippen molar-refractivity contribution < 1.29 is 9.59 Å². The zero-order chi connectivity index (χ0) is 24.8. The van der Waals surface area contributed by atoms with E-state index in [0.717, 1.165) is 29.8 Å². The van der Waals surface area contributed by atoms with E-state index < -0.39 is 0 Å². The van der Waals surface area contributed by atoms with Crippen molar-refractivity contribution in [3.8, 4) is 0 Å². The lowest BCUT2D eigenvalue weighted by Gasteiger charge is -2.13. The van der Waals surface area contributed by atoms with Crippen LogP contribution in [0.5, 0.6) is 0 Å². The number of imidazole rings is 1. The molecule has 0 aliphatic carbocycles. The van der Waals surface area contributed by atoms with Crippen LogP contribution in [-0.4, -0.2) is 46.9 Å². The molecule has 180 valence electrons. The number of anilines is 2. The molecule has 2 aromatic carbocycles. The summed E-state index contributed by atoms with van der Waals surface area (Å²) in [5, 5.41) is 8.74. The third kappa shape index (κ3) is 6.24. The first-order valence-electron chi connectivity index (χ1n) is 11.5. The molecule has 0 saturated carbocycles. The number of carbonyl (C=O) groups is 2. The highest BCUT2D eigenvalue weighted by Gasteiger charge is 2.13. The fourth-order valence-corrected chi connectivity index (χ4v) is 3.72. The van der Waals surface area contributed by atoms with E-state index in [1.807, 2.05) is 75.6 Å². The van der Waals surface area contributed by atoms with Gasteiger partial charge in [-0.3, -0.25) is 9.20 Å². The summed E-state index contributed by atoms with van der Waals surface area (Å²) < 4.78 is 1.75. The molecule has 8 nitrogen and oxygen atoms in total. The van der Waals surface area contributed by atoms with Gasteiger partial charge in [0.2, 0.25) is 0 Å². The number of likely N-dealkylation sites (N-methyl/N-ethyl adjacent to an activating group) is 1. The van der Waals surface area contributed by atoms with Crippen molar-refractivity contribution in [2.45, 2.75) is 19.9 Å². The predicted molar refractivity (Wildman–Crippen MR) is 139 cm³/mol. The molecule has 4 aromatic rings. The molecule has 0 aliphatic rings. The average Bonchev–Trinajstić information content (AvgIpc) is 3.28. The number of amides is 3. The molecule has 0 spiro atoms. The van der Waals surface area contributed by atoms with Crippen molar-refractivity contribution in [3.05, 3.63) is 95.4 Å². The quantitative estimate of drug-likeness (QED) is 0.358. The average molecular weight is 471 g/mol. The fraction of sp³-hybridized carbons (Fsp3) is 0.222. The highest BCUT2D eigenvalue weighted by molar-refractivity contribution is 6.04. The standard InChI is InChI=1S/C27H30N6O2/c1-19-10-11-21(16-23(19)31-26(34)24-18-28-25-9-4-5-13-33(24)25)17-29-27(35)30-22-8-6-7-20(15-22)12-14-32(2)3/h4-11,13,15-16,18H,12,14,17H2,1-3H3,(H,31,34)(H2,29,30,35). The van der Waals surface area contributed by atoms with Crippen LogP contribution in [0.15, 0.2) is 73.1 Å². The summed E-state index contributed by atoms with van der Waals surface area (Å²) in [6, 6.07) is 18.9. The van der Waals surface area contributed by atoms with Gasteiger partial charge in [-0.15, -0.1) is 0 Å². The number of aromatic nitrogens is 2. The summed E-state index contributed by atoms with van der Waals surface area (Å²) in [6.45, 7) is 3.20. The Morgan fingerprint density at radius 3 is 2.66 bits per heavy atom. The Bertz CT molecular complexity index is 1340. The van der Waals surface area contributed by atoms with Crippen LogP contribution in [0.4, 0.5) is 16.2 Å². The lowest BCUT2D eigenvalue weighted by molar-refractivity contribution is 0.102. The molecular weight excluding hydrogens is 440 g/mol. The molecule has 2 aromatic heterocycles. The number of aryl methyl sites for hydroxylation is 1. The van der Waals surface area contributed by atoms with Gasteiger partial charge in [0.1, 0.15) is 11.3 Å². The van der Waals surface area contributed by atoms with Crippen LogP contribution in [0, 0.1) is 6.92 Å². The molecule has 2 heterocycles. The molecule has 0 atom stereocenters. The van der Waals surface area contributed by atoms with E-state index in [9.17, 15) is 9.59 Å². The molecule has 35 heavy (non-hydrogen) atoms. The topological polar surface area (TPSA) is 90.8 Å². The number of rotatable bonds is 8. The first kappa shape index (κ1) is 24.0. The number of urea groups is 1. The summed E-state index contributed by atoms with van der Waals surface area (Å²) in [5.41, 5.74) is 5.57. The molecule has 0 unspecified atom stereocenters. The van der Waals surface area contributed by atoms with Crippen LogP contribution in [0.1, 0.15) is 27.2 Å². The second-order valence-electron chi connectivity index (χ2n) is 8.74. The third-order valence-corrected chi connectivity index (χ3v) is 5.69. The molecule has 3 N–H and O–H groups in total. The van der Waals surface area contributed by atoms with Gasteiger partial charge in [-0.05, 0) is 74.5 Å². The molecule has 0 fully saturated rings. The van der Waals surface area contributed by atoms with E-state index in [4.69, 9.17) is 0 Å². The van der Waals surface area contributed by atoms with Crippen LogP contribution >= 0.6 is 0 Å². The summed E-state index contributed by atoms with van der Waals surface area (Å²) >= 11 is 0. The smallest absolute Gasteiger partial charge is 0.319 e. The van der Waals surface area contributed by atoms with E-state index in [1.54, 1.807) is 16.8 Å². The molecule has 0 bridgehead atoms. The Morgan fingerprint density at radius 1 is 0.971 bits per heavy atom. The van der Waals surface area contributed by atoms with Crippen molar-refractivity contribution in [1.29, 1.82) is 0 Å². The van der Waals surface area contributed by atoms with Crippen molar-refractivity contribution in [2.24, 2.45) is 0 Å². The van der Waals surface area contributed by atoms with Gasteiger partial charge in [-0.2, -0.15) is 0 Å². The maximum absolute atomic E-state index is 12.9. The van der Waals surface area contributed by atoms with Gasteiger partial charge in [0, 0.05) is 30.7 Å². The van der Waals surface area contributed by atoms with Crippen molar-refractivity contribution in [2.75, 3.05) is 31.3 Å².